The lowest BCUT2D eigenvalue weighted by atomic mass is 10.0. The molecule has 0 aliphatic carbocycles. The van der Waals surface area contributed by atoms with Crippen LogP contribution in [0.1, 0.15) is 23.1 Å². The van der Waals surface area contributed by atoms with Gasteiger partial charge in [0, 0.05) is 30.1 Å². The molecule has 0 saturated carbocycles. The molecule has 0 bridgehead atoms. The largest absolute Gasteiger partial charge is 0.326 e. The van der Waals surface area contributed by atoms with Crippen molar-refractivity contribution in [3.8, 4) is 0 Å². The highest BCUT2D eigenvalue weighted by atomic mass is 32.2. The van der Waals surface area contributed by atoms with Gasteiger partial charge in [-0.3, -0.25) is 4.99 Å². The quantitative estimate of drug-likeness (QED) is 0.901. The number of aliphatic imine (C=N–C) groups is 1. The zero-order valence-electron chi connectivity index (χ0n) is 11.4. The minimum Gasteiger partial charge on any atom is -0.326 e. The zero-order chi connectivity index (χ0) is 13.4. The Bertz CT molecular complexity index is 575. The van der Waals surface area contributed by atoms with Gasteiger partial charge in [0.05, 0.1) is 5.70 Å². The second-order valence-corrected chi connectivity index (χ2v) is 6.13. The summed E-state index contributed by atoms with van der Waals surface area (Å²) in [5.74, 6) is 0. The van der Waals surface area contributed by atoms with Crippen LogP contribution in [-0.4, -0.2) is 29.7 Å². The Labute approximate surface area is 118 Å². The maximum atomic E-state index is 5.94. The van der Waals surface area contributed by atoms with Gasteiger partial charge in [0.25, 0.3) is 0 Å². The summed E-state index contributed by atoms with van der Waals surface area (Å²) >= 11 is 1.74. The Morgan fingerprint density at radius 3 is 2.95 bits per heavy atom. The van der Waals surface area contributed by atoms with Crippen molar-refractivity contribution in [1.29, 1.82) is 0 Å². The molecule has 1 aromatic carbocycles. The molecular formula is C15H19N3S. The summed E-state index contributed by atoms with van der Waals surface area (Å²) in [6.45, 7) is 6.89. The molecule has 0 amide bonds. The first-order valence-electron chi connectivity index (χ1n) is 6.71. The first kappa shape index (κ1) is 12.8. The number of hydrogen-bond donors (Lipinski definition) is 1. The first-order chi connectivity index (χ1) is 9.20. The minimum atomic E-state index is 0.586. The number of aryl methyl sites for hydroxylation is 2. The maximum Gasteiger partial charge on any atom is 0.168 e. The van der Waals surface area contributed by atoms with Gasteiger partial charge in [0.2, 0.25) is 0 Å². The Morgan fingerprint density at radius 2 is 2.21 bits per heavy atom. The fourth-order valence-electron chi connectivity index (χ4n) is 2.70. The van der Waals surface area contributed by atoms with Gasteiger partial charge in [-0.05, 0) is 25.8 Å². The topological polar surface area (TPSA) is 41.6 Å². The number of fused-ring (bicyclic) bond motifs is 1. The molecule has 3 nitrogen and oxygen atoms in total. The van der Waals surface area contributed by atoms with E-state index < -0.39 is 0 Å². The number of rotatable bonds is 2. The smallest absolute Gasteiger partial charge is 0.168 e. The number of nitrogens with two attached hydrogens (primary N) is 1. The lowest BCUT2D eigenvalue weighted by molar-refractivity contribution is 0.540. The van der Waals surface area contributed by atoms with Crippen molar-refractivity contribution in [2.24, 2.45) is 10.7 Å². The van der Waals surface area contributed by atoms with Crippen molar-refractivity contribution in [1.82, 2.24) is 4.90 Å². The van der Waals surface area contributed by atoms with Crippen LogP contribution >= 0.6 is 11.8 Å². The average Bonchev–Trinajstić information content (AvgIpc) is 2.77. The highest BCUT2D eigenvalue weighted by Gasteiger charge is 2.31. The second-order valence-electron chi connectivity index (χ2n) is 5.07. The fraction of sp³-hybridized carbons (Fsp3) is 0.400. The summed E-state index contributed by atoms with van der Waals surface area (Å²) in [5, 5.41) is 1.13. The van der Waals surface area contributed by atoms with Gasteiger partial charge in [-0.25, -0.2) is 0 Å². The van der Waals surface area contributed by atoms with E-state index in [0.29, 0.717) is 6.54 Å². The van der Waals surface area contributed by atoms with Crippen LogP contribution in [0.2, 0.25) is 0 Å². The third-order valence-corrected chi connectivity index (χ3v) is 4.73. The number of thioether (sulfide) groups is 1. The molecule has 0 spiro atoms. The molecule has 1 aromatic rings. The van der Waals surface area contributed by atoms with Crippen LogP contribution in [-0.2, 0) is 0 Å². The Morgan fingerprint density at radius 1 is 1.37 bits per heavy atom. The zero-order valence-corrected chi connectivity index (χ0v) is 12.3. The third kappa shape index (κ3) is 2.19. The van der Waals surface area contributed by atoms with Gasteiger partial charge in [-0.15, -0.1) is 0 Å². The standard InChI is InChI=1S/C15H19N3S/c1-10-4-5-12(11(2)8-10)14-13(9-16)19-15-17-6-3-7-18(14)15/h4-5,8H,3,6-7,9,16H2,1-2H3. The summed E-state index contributed by atoms with van der Waals surface area (Å²) in [4.78, 5) is 8.21. The van der Waals surface area contributed by atoms with Crippen LogP contribution in [0.3, 0.4) is 0 Å². The molecular weight excluding hydrogens is 254 g/mol. The van der Waals surface area contributed by atoms with E-state index >= 15 is 0 Å². The molecule has 0 aromatic heterocycles. The highest BCUT2D eigenvalue weighted by Crippen LogP contribution is 2.41. The van der Waals surface area contributed by atoms with Gasteiger partial charge < -0.3 is 10.6 Å². The Kier molecular flexibility index (Phi) is 3.37. The molecule has 100 valence electrons. The fourth-order valence-corrected chi connectivity index (χ4v) is 3.77. The SMILES string of the molecule is Cc1ccc(C2=C(CN)SC3=NCCCN32)c(C)c1. The van der Waals surface area contributed by atoms with Crippen molar-refractivity contribution in [2.75, 3.05) is 19.6 Å². The van der Waals surface area contributed by atoms with Crippen molar-refractivity contribution in [2.45, 2.75) is 20.3 Å². The van der Waals surface area contributed by atoms with Crippen molar-refractivity contribution in [3.63, 3.8) is 0 Å². The average molecular weight is 273 g/mol. The number of amidine groups is 1. The van der Waals surface area contributed by atoms with Crippen LogP contribution in [0.5, 0.6) is 0 Å². The van der Waals surface area contributed by atoms with Gasteiger partial charge in [0.15, 0.2) is 5.17 Å². The van der Waals surface area contributed by atoms with E-state index in [0.717, 1.165) is 24.7 Å². The second kappa shape index (κ2) is 5.02. The van der Waals surface area contributed by atoms with E-state index in [4.69, 9.17) is 5.73 Å². The third-order valence-electron chi connectivity index (χ3n) is 3.59. The first-order valence-corrected chi connectivity index (χ1v) is 7.53. The number of hydrogen-bond acceptors (Lipinski definition) is 4. The van der Waals surface area contributed by atoms with Crippen molar-refractivity contribution in [3.05, 3.63) is 39.8 Å². The van der Waals surface area contributed by atoms with Crippen LogP contribution in [0.25, 0.3) is 5.70 Å². The molecule has 2 heterocycles. The summed E-state index contributed by atoms with van der Waals surface area (Å²) in [7, 11) is 0. The summed E-state index contributed by atoms with van der Waals surface area (Å²) in [6, 6.07) is 6.63. The molecule has 19 heavy (non-hydrogen) atoms. The minimum absolute atomic E-state index is 0.586. The molecule has 2 N–H and O–H groups in total. The molecule has 4 heteroatoms. The Balaban J connectivity index is 2.10. The van der Waals surface area contributed by atoms with Crippen LogP contribution in [0.4, 0.5) is 0 Å². The molecule has 3 rings (SSSR count). The van der Waals surface area contributed by atoms with Crippen LogP contribution in [0.15, 0.2) is 28.1 Å². The normalized spacial score (nSPS) is 18.7. The molecule has 0 radical (unpaired) electrons. The molecule has 0 atom stereocenters. The van der Waals surface area contributed by atoms with Gasteiger partial charge in [0.1, 0.15) is 0 Å². The Hall–Kier alpha value is -1.26. The van der Waals surface area contributed by atoms with E-state index in [-0.39, 0.29) is 0 Å². The van der Waals surface area contributed by atoms with E-state index in [9.17, 15) is 0 Å². The molecule has 0 saturated heterocycles. The highest BCUT2D eigenvalue weighted by molar-refractivity contribution is 8.17. The van der Waals surface area contributed by atoms with Gasteiger partial charge in [-0.1, -0.05) is 35.5 Å². The van der Waals surface area contributed by atoms with E-state index in [1.165, 1.54) is 27.3 Å². The summed E-state index contributed by atoms with van der Waals surface area (Å²) in [6.07, 6.45) is 1.12. The maximum absolute atomic E-state index is 5.94. The molecule has 0 unspecified atom stereocenters. The van der Waals surface area contributed by atoms with E-state index in [1.54, 1.807) is 11.8 Å². The monoisotopic (exact) mass is 273 g/mol. The molecule has 2 aliphatic heterocycles. The molecule has 2 aliphatic rings. The predicted molar refractivity (Wildman–Crippen MR) is 83.1 cm³/mol. The van der Waals surface area contributed by atoms with Crippen LogP contribution < -0.4 is 5.73 Å². The molecule has 0 fully saturated rings. The predicted octanol–water partition coefficient (Wildman–Crippen LogP) is 2.74. The lowest BCUT2D eigenvalue weighted by Gasteiger charge is -2.26. The number of nitrogens with zero attached hydrogens (tertiary/aromatic N) is 2. The van der Waals surface area contributed by atoms with Crippen molar-refractivity contribution >= 4 is 22.6 Å². The number of benzene rings is 1. The summed E-state index contributed by atoms with van der Waals surface area (Å²) in [5.41, 5.74) is 11.1. The lowest BCUT2D eigenvalue weighted by Crippen LogP contribution is -2.29. The van der Waals surface area contributed by atoms with Crippen molar-refractivity contribution < 1.29 is 0 Å². The van der Waals surface area contributed by atoms with Gasteiger partial charge >= 0.3 is 0 Å². The van der Waals surface area contributed by atoms with Crippen LogP contribution in [0, 0.1) is 13.8 Å². The van der Waals surface area contributed by atoms with E-state index in [1.807, 2.05) is 0 Å². The van der Waals surface area contributed by atoms with E-state index in [2.05, 4.69) is 41.9 Å². The summed E-state index contributed by atoms with van der Waals surface area (Å²) < 4.78 is 0. The van der Waals surface area contributed by atoms with Gasteiger partial charge in [-0.2, -0.15) is 0 Å².